The van der Waals surface area contributed by atoms with Crippen molar-refractivity contribution in [2.75, 3.05) is 0 Å². The van der Waals surface area contributed by atoms with Crippen molar-refractivity contribution >= 4 is 0 Å². The molecule has 0 saturated heterocycles. The van der Waals surface area contributed by atoms with E-state index in [0.29, 0.717) is 5.89 Å². The first kappa shape index (κ1) is 13.4. The highest BCUT2D eigenvalue weighted by Gasteiger charge is 2.15. The molecular weight excluding hydrogens is 264 g/mol. The van der Waals surface area contributed by atoms with Crippen molar-refractivity contribution in [3.63, 3.8) is 0 Å². The van der Waals surface area contributed by atoms with E-state index in [9.17, 15) is 4.79 Å². The molecule has 0 bridgehead atoms. The maximum absolute atomic E-state index is 11.5. The van der Waals surface area contributed by atoms with Crippen LogP contribution in [0.4, 0.5) is 0 Å². The molecule has 0 aliphatic heterocycles. The van der Waals surface area contributed by atoms with Crippen molar-refractivity contribution in [3.05, 3.63) is 64.6 Å². The number of rotatable bonds is 3. The summed E-state index contributed by atoms with van der Waals surface area (Å²) in [4.78, 5) is 11.5. The van der Waals surface area contributed by atoms with E-state index in [2.05, 4.69) is 30.2 Å². The van der Waals surface area contributed by atoms with Crippen LogP contribution in [0.25, 0.3) is 22.6 Å². The molecule has 2 aromatic carbocycles. The third-order valence-corrected chi connectivity index (χ3v) is 3.53. The minimum Gasteiger partial charge on any atom is -0.388 e. The fraction of sp³-hybridized carbons (Fsp3) is 0.176. The van der Waals surface area contributed by atoms with Gasteiger partial charge in [0.2, 0.25) is 5.89 Å². The SMILES string of the molecule is CCc1c(-c2ccccc2)cccc1-c1nn(C)c(=O)o1. The molecule has 0 aliphatic rings. The van der Waals surface area contributed by atoms with Gasteiger partial charge in [0, 0.05) is 12.6 Å². The first-order valence-corrected chi connectivity index (χ1v) is 6.92. The van der Waals surface area contributed by atoms with Crippen molar-refractivity contribution in [1.29, 1.82) is 0 Å². The average molecular weight is 280 g/mol. The molecule has 0 amide bonds. The normalized spacial score (nSPS) is 10.8. The molecule has 0 N–H and O–H groups in total. The largest absolute Gasteiger partial charge is 0.437 e. The summed E-state index contributed by atoms with van der Waals surface area (Å²) in [6.07, 6.45) is 0.834. The topological polar surface area (TPSA) is 48.0 Å². The number of hydrogen-bond acceptors (Lipinski definition) is 3. The van der Waals surface area contributed by atoms with Gasteiger partial charge in [0.25, 0.3) is 0 Å². The summed E-state index contributed by atoms with van der Waals surface area (Å²) in [5.74, 6) is -0.0747. The molecule has 4 nitrogen and oxygen atoms in total. The van der Waals surface area contributed by atoms with Gasteiger partial charge in [0.15, 0.2) is 0 Å². The smallest absolute Gasteiger partial charge is 0.388 e. The Hall–Kier alpha value is -2.62. The van der Waals surface area contributed by atoms with Gasteiger partial charge in [-0.1, -0.05) is 49.4 Å². The van der Waals surface area contributed by atoms with Gasteiger partial charge in [-0.15, -0.1) is 5.10 Å². The van der Waals surface area contributed by atoms with Gasteiger partial charge in [-0.2, -0.15) is 4.68 Å². The Bertz CT molecular complexity index is 816. The van der Waals surface area contributed by atoms with E-state index in [1.54, 1.807) is 7.05 Å². The zero-order chi connectivity index (χ0) is 14.8. The van der Waals surface area contributed by atoms with E-state index in [-0.39, 0.29) is 0 Å². The Morgan fingerprint density at radius 1 is 1.05 bits per heavy atom. The second-order valence-corrected chi connectivity index (χ2v) is 4.85. The molecule has 3 rings (SSSR count). The summed E-state index contributed by atoms with van der Waals surface area (Å²) >= 11 is 0. The van der Waals surface area contributed by atoms with Gasteiger partial charge in [-0.05, 0) is 29.2 Å². The summed E-state index contributed by atoms with van der Waals surface area (Å²) in [6, 6.07) is 16.2. The number of hydrogen-bond donors (Lipinski definition) is 0. The van der Waals surface area contributed by atoms with Crippen LogP contribution in [0.15, 0.2) is 57.7 Å². The van der Waals surface area contributed by atoms with Crippen LogP contribution in [0.1, 0.15) is 12.5 Å². The maximum atomic E-state index is 11.5. The first-order valence-electron chi connectivity index (χ1n) is 6.92. The van der Waals surface area contributed by atoms with Gasteiger partial charge < -0.3 is 4.42 Å². The summed E-state index contributed by atoms with van der Waals surface area (Å²) in [6.45, 7) is 2.09. The fourth-order valence-electron chi connectivity index (χ4n) is 2.51. The molecule has 0 spiro atoms. The molecule has 4 heteroatoms. The van der Waals surface area contributed by atoms with Crippen molar-refractivity contribution in [3.8, 4) is 22.6 Å². The van der Waals surface area contributed by atoms with Crippen LogP contribution in [0.2, 0.25) is 0 Å². The van der Waals surface area contributed by atoms with E-state index in [1.165, 1.54) is 4.68 Å². The quantitative estimate of drug-likeness (QED) is 0.739. The molecule has 3 aromatic rings. The van der Waals surface area contributed by atoms with Crippen LogP contribution in [0.3, 0.4) is 0 Å². The third kappa shape index (κ3) is 2.40. The molecule has 106 valence electrons. The molecule has 0 radical (unpaired) electrons. The first-order chi connectivity index (χ1) is 10.2. The van der Waals surface area contributed by atoms with Crippen molar-refractivity contribution < 1.29 is 4.42 Å². The lowest BCUT2D eigenvalue weighted by Crippen LogP contribution is -2.09. The van der Waals surface area contributed by atoms with E-state index in [4.69, 9.17) is 4.42 Å². The highest BCUT2D eigenvalue weighted by atomic mass is 16.4. The Morgan fingerprint density at radius 2 is 1.76 bits per heavy atom. The number of nitrogens with zero attached hydrogens (tertiary/aromatic N) is 2. The predicted molar refractivity (Wildman–Crippen MR) is 82.0 cm³/mol. The molecule has 0 atom stereocenters. The zero-order valence-corrected chi connectivity index (χ0v) is 12.0. The molecule has 0 fully saturated rings. The molecule has 1 aromatic heterocycles. The van der Waals surface area contributed by atoms with Gasteiger partial charge >= 0.3 is 5.76 Å². The Labute approximate surface area is 122 Å². The number of aromatic nitrogens is 2. The Balaban J connectivity index is 2.21. The molecule has 21 heavy (non-hydrogen) atoms. The van der Waals surface area contributed by atoms with Crippen molar-refractivity contribution in [2.24, 2.45) is 7.05 Å². The lowest BCUT2D eigenvalue weighted by Gasteiger charge is -2.11. The van der Waals surface area contributed by atoms with E-state index >= 15 is 0 Å². The third-order valence-electron chi connectivity index (χ3n) is 3.53. The fourth-order valence-corrected chi connectivity index (χ4v) is 2.51. The van der Waals surface area contributed by atoms with Crippen molar-refractivity contribution in [1.82, 2.24) is 9.78 Å². The van der Waals surface area contributed by atoms with Crippen LogP contribution in [0, 0.1) is 0 Å². The second-order valence-electron chi connectivity index (χ2n) is 4.85. The molecule has 0 unspecified atom stereocenters. The number of aryl methyl sites for hydroxylation is 1. The van der Waals surface area contributed by atoms with E-state index in [0.717, 1.165) is 28.7 Å². The minimum atomic E-state index is -0.447. The van der Waals surface area contributed by atoms with E-state index < -0.39 is 5.76 Å². The zero-order valence-electron chi connectivity index (χ0n) is 12.0. The summed E-state index contributed by atoms with van der Waals surface area (Å²) < 4.78 is 6.44. The Kier molecular flexibility index (Phi) is 3.44. The Morgan fingerprint density at radius 3 is 2.38 bits per heavy atom. The maximum Gasteiger partial charge on any atom is 0.437 e. The van der Waals surface area contributed by atoms with Crippen LogP contribution >= 0.6 is 0 Å². The highest BCUT2D eigenvalue weighted by Crippen LogP contribution is 2.31. The predicted octanol–water partition coefficient (Wildman–Crippen LogP) is 3.27. The van der Waals surface area contributed by atoms with Crippen LogP contribution in [-0.4, -0.2) is 9.78 Å². The molecular formula is C17H16N2O2. The lowest BCUT2D eigenvalue weighted by molar-refractivity contribution is 0.505. The standard InChI is InChI=1S/C17H16N2O2/c1-3-13-14(12-8-5-4-6-9-12)10-7-11-15(13)16-18-19(2)17(20)21-16/h4-11H,3H2,1-2H3. The minimum absolute atomic E-state index is 0.372. The average Bonchev–Trinajstić information content (AvgIpc) is 2.86. The monoisotopic (exact) mass is 280 g/mol. The lowest BCUT2D eigenvalue weighted by atomic mass is 9.94. The van der Waals surface area contributed by atoms with Gasteiger partial charge in [0.1, 0.15) is 0 Å². The molecule has 0 aliphatic carbocycles. The summed E-state index contributed by atoms with van der Waals surface area (Å²) in [5.41, 5.74) is 4.29. The highest BCUT2D eigenvalue weighted by molar-refractivity contribution is 5.75. The van der Waals surface area contributed by atoms with Gasteiger partial charge in [0.05, 0.1) is 0 Å². The summed E-state index contributed by atoms with van der Waals surface area (Å²) in [5, 5.41) is 4.16. The van der Waals surface area contributed by atoms with Gasteiger partial charge in [-0.3, -0.25) is 0 Å². The summed E-state index contributed by atoms with van der Waals surface area (Å²) in [7, 11) is 1.59. The van der Waals surface area contributed by atoms with Crippen LogP contribution in [0.5, 0.6) is 0 Å². The number of benzene rings is 2. The van der Waals surface area contributed by atoms with Crippen LogP contribution < -0.4 is 5.76 Å². The second kappa shape index (κ2) is 5.40. The molecule has 0 saturated carbocycles. The van der Waals surface area contributed by atoms with E-state index in [1.807, 2.05) is 30.3 Å². The van der Waals surface area contributed by atoms with Crippen molar-refractivity contribution in [2.45, 2.75) is 13.3 Å². The van der Waals surface area contributed by atoms with Gasteiger partial charge in [-0.25, -0.2) is 4.79 Å². The molecule has 1 heterocycles. The van der Waals surface area contributed by atoms with Crippen LogP contribution in [-0.2, 0) is 13.5 Å².